The number of hydrogen-bond donors (Lipinski definition) is 0. The minimum Gasteiger partial charge on any atom is -0.356 e. The van der Waals surface area contributed by atoms with Gasteiger partial charge in [-0.1, -0.05) is 66.1 Å². The molecule has 0 saturated heterocycles. The molecule has 90 valence electrons. The molecule has 17 heavy (non-hydrogen) atoms. The molecular formula is C14H16BrNO. The number of halogens is 1. The number of benzene rings is 1. The minimum absolute atomic E-state index is 0.182. The first-order valence-electron chi connectivity index (χ1n) is 5.63. The van der Waals surface area contributed by atoms with E-state index in [2.05, 4.69) is 66.1 Å². The van der Waals surface area contributed by atoms with Crippen LogP contribution in [0.15, 0.2) is 34.9 Å². The summed E-state index contributed by atoms with van der Waals surface area (Å²) in [5.74, 6) is 0.819. The summed E-state index contributed by atoms with van der Waals surface area (Å²) in [6.45, 7) is 6.62. The lowest BCUT2D eigenvalue weighted by Gasteiger charge is -2.18. The average molecular weight is 294 g/mol. The van der Waals surface area contributed by atoms with Crippen molar-refractivity contribution in [2.45, 2.75) is 31.5 Å². The summed E-state index contributed by atoms with van der Waals surface area (Å²) in [5.41, 5.74) is 3.49. The van der Waals surface area contributed by atoms with Gasteiger partial charge in [0.1, 0.15) is 0 Å². The molecule has 0 atom stereocenters. The topological polar surface area (TPSA) is 26.0 Å². The summed E-state index contributed by atoms with van der Waals surface area (Å²) in [4.78, 5) is 0. The largest absolute Gasteiger partial charge is 0.356 e. The summed E-state index contributed by atoms with van der Waals surface area (Å²) in [6, 6.07) is 10.4. The van der Waals surface area contributed by atoms with Crippen LogP contribution in [0.5, 0.6) is 0 Å². The third kappa shape index (κ3) is 2.78. The maximum Gasteiger partial charge on any atom is 0.167 e. The third-order valence-electron chi connectivity index (χ3n) is 2.73. The molecule has 2 rings (SSSR count). The molecule has 2 nitrogen and oxygen atoms in total. The van der Waals surface area contributed by atoms with E-state index in [0.717, 1.165) is 22.3 Å². The first-order chi connectivity index (χ1) is 8.00. The predicted octanol–water partition coefficient (Wildman–Crippen LogP) is 4.53. The summed E-state index contributed by atoms with van der Waals surface area (Å²) in [7, 11) is 0. The van der Waals surface area contributed by atoms with Gasteiger partial charge in [-0.15, -0.1) is 0 Å². The van der Waals surface area contributed by atoms with Crippen LogP contribution in [0.1, 0.15) is 32.0 Å². The monoisotopic (exact) mass is 293 g/mol. The van der Waals surface area contributed by atoms with Crippen molar-refractivity contribution < 1.29 is 4.52 Å². The molecule has 0 unspecified atom stereocenters. The van der Waals surface area contributed by atoms with Crippen molar-refractivity contribution in [1.29, 1.82) is 0 Å². The van der Waals surface area contributed by atoms with Gasteiger partial charge in [-0.3, -0.25) is 0 Å². The molecule has 3 heteroatoms. The molecule has 0 aliphatic heterocycles. The predicted molar refractivity (Wildman–Crippen MR) is 73.3 cm³/mol. The SMILES string of the molecule is CC(C)(C)c1ccc(-c2cc(CBr)no2)cc1. The fourth-order valence-electron chi connectivity index (χ4n) is 1.65. The van der Waals surface area contributed by atoms with Crippen molar-refractivity contribution in [3.05, 3.63) is 41.6 Å². The Balaban J connectivity index is 2.29. The van der Waals surface area contributed by atoms with Gasteiger partial charge in [0.15, 0.2) is 5.76 Å². The van der Waals surface area contributed by atoms with Gasteiger partial charge in [0, 0.05) is 17.0 Å². The highest BCUT2D eigenvalue weighted by atomic mass is 79.9. The quantitative estimate of drug-likeness (QED) is 0.760. The maximum absolute atomic E-state index is 5.29. The lowest BCUT2D eigenvalue weighted by Crippen LogP contribution is -2.10. The van der Waals surface area contributed by atoms with Crippen LogP contribution >= 0.6 is 15.9 Å². The first kappa shape index (κ1) is 12.4. The Bertz CT molecular complexity index is 494. The summed E-state index contributed by atoms with van der Waals surface area (Å²) in [6.07, 6.45) is 0. The Hall–Kier alpha value is -1.09. The third-order valence-corrected chi connectivity index (χ3v) is 3.31. The number of aromatic nitrogens is 1. The van der Waals surface area contributed by atoms with E-state index in [1.165, 1.54) is 5.56 Å². The van der Waals surface area contributed by atoms with Crippen LogP contribution in [0.25, 0.3) is 11.3 Å². The first-order valence-corrected chi connectivity index (χ1v) is 6.75. The van der Waals surface area contributed by atoms with Gasteiger partial charge in [0.05, 0.1) is 5.69 Å². The molecular weight excluding hydrogens is 278 g/mol. The Labute approximate surface area is 110 Å². The molecule has 1 heterocycles. The van der Waals surface area contributed by atoms with Crippen LogP contribution in [0.3, 0.4) is 0 Å². The zero-order valence-electron chi connectivity index (χ0n) is 10.3. The van der Waals surface area contributed by atoms with E-state index in [1.54, 1.807) is 0 Å². The zero-order chi connectivity index (χ0) is 12.5. The number of alkyl halides is 1. The molecule has 0 radical (unpaired) electrons. The molecule has 0 spiro atoms. The normalized spacial score (nSPS) is 11.8. The van der Waals surface area contributed by atoms with E-state index in [0.29, 0.717) is 0 Å². The van der Waals surface area contributed by atoms with Gasteiger partial charge in [-0.05, 0) is 11.0 Å². The molecule has 0 aliphatic carbocycles. The number of rotatable bonds is 2. The van der Waals surface area contributed by atoms with Gasteiger partial charge in [-0.25, -0.2) is 0 Å². The molecule has 0 N–H and O–H groups in total. The van der Waals surface area contributed by atoms with Crippen LogP contribution in [0, 0.1) is 0 Å². The highest BCUT2D eigenvalue weighted by Crippen LogP contribution is 2.26. The average Bonchev–Trinajstić information content (AvgIpc) is 2.76. The highest BCUT2D eigenvalue weighted by molar-refractivity contribution is 9.08. The van der Waals surface area contributed by atoms with Crippen LogP contribution in [-0.2, 0) is 10.7 Å². The number of nitrogens with zero attached hydrogens (tertiary/aromatic N) is 1. The number of hydrogen-bond acceptors (Lipinski definition) is 2. The van der Waals surface area contributed by atoms with Crippen LogP contribution in [0.4, 0.5) is 0 Å². The van der Waals surface area contributed by atoms with Crippen molar-refractivity contribution >= 4 is 15.9 Å². The smallest absolute Gasteiger partial charge is 0.167 e. The van der Waals surface area contributed by atoms with Crippen LogP contribution in [-0.4, -0.2) is 5.16 Å². The van der Waals surface area contributed by atoms with E-state index in [4.69, 9.17) is 4.52 Å². The fourth-order valence-corrected chi connectivity index (χ4v) is 1.91. The van der Waals surface area contributed by atoms with E-state index < -0.39 is 0 Å². The maximum atomic E-state index is 5.29. The highest BCUT2D eigenvalue weighted by Gasteiger charge is 2.13. The van der Waals surface area contributed by atoms with E-state index in [1.807, 2.05) is 6.07 Å². The van der Waals surface area contributed by atoms with Gasteiger partial charge >= 0.3 is 0 Å². The second kappa shape index (κ2) is 4.65. The Kier molecular flexibility index (Phi) is 3.38. The van der Waals surface area contributed by atoms with Gasteiger partial charge in [-0.2, -0.15) is 0 Å². The van der Waals surface area contributed by atoms with Crippen molar-refractivity contribution in [3.8, 4) is 11.3 Å². The van der Waals surface area contributed by atoms with Crippen molar-refractivity contribution in [1.82, 2.24) is 5.16 Å². The lowest BCUT2D eigenvalue weighted by molar-refractivity contribution is 0.426. The Morgan fingerprint density at radius 2 is 1.82 bits per heavy atom. The van der Waals surface area contributed by atoms with E-state index >= 15 is 0 Å². The molecule has 0 saturated carbocycles. The van der Waals surface area contributed by atoms with Gasteiger partial charge < -0.3 is 4.52 Å². The fraction of sp³-hybridized carbons (Fsp3) is 0.357. The molecule has 1 aromatic heterocycles. The molecule has 2 aromatic rings. The zero-order valence-corrected chi connectivity index (χ0v) is 11.9. The van der Waals surface area contributed by atoms with Crippen LogP contribution < -0.4 is 0 Å². The summed E-state index contributed by atoms with van der Waals surface area (Å²) in [5, 5.41) is 4.68. The van der Waals surface area contributed by atoms with Crippen molar-refractivity contribution in [3.63, 3.8) is 0 Å². The Morgan fingerprint density at radius 3 is 2.29 bits per heavy atom. The van der Waals surface area contributed by atoms with Crippen LogP contribution in [0.2, 0.25) is 0 Å². The van der Waals surface area contributed by atoms with Crippen molar-refractivity contribution in [2.75, 3.05) is 0 Å². The summed E-state index contributed by atoms with van der Waals surface area (Å²) < 4.78 is 5.29. The molecule has 0 amide bonds. The second-order valence-corrected chi connectivity index (χ2v) is 5.70. The standard InChI is InChI=1S/C14H16BrNO/c1-14(2,3)11-6-4-10(5-7-11)13-8-12(9-15)16-17-13/h4-8H,9H2,1-3H3. The van der Waals surface area contributed by atoms with Gasteiger partial charge in [0.2, 0.25) is 0 Å². The second-order valence-electron chi connectivity index (χ2n) is 5.14. The minimum atomic E-state index is 0.182. The van der Waals surface area contributed by atoms with Crippen molar-refractivity contribution in [2.24, 2.45) is 0 Å². The lowest BCUT2D eigenvalue weighted by atomic mass is 9.86. The van der Waals surface area contributed by atoms with E-state index in [9.17, 15) is 0 Å². The molecule has 0 bridgehead atoms. The van der Waals surface area contributed by atoms with E-state index in [-0.39, 0.29) is 5.41 Å². The molecule has 0 fully saturated rings. The van der Waals surface area contributed by atoms with Gasteiger partial charge in [0.25, 0.3) is 0 Å². The molecule has 1 aromatic carbocycles. The Morgan fingerprint density at radius 1 is 1.18 bits per heavy atom. The molecule has 0 aliphatic rings. The summed E-state index contributed by atoms with van der Waals surface area (Å²) >= 11 is 3.36.